The molecule has 1 rings (SSSR count). The molecule has 116 valence electrons. The lowest BCUT2D eigenvalue weighted by atomic mass is 9.91. The van der Waals surface area contributed by atoms with Crippen LogP contribution < -0.4 is 5.32 Å². The van der Waals surface area contributed by atoms with Gasteiger partial charge in [-0.1, -0.05) is 30.3 Å². The molecular weight excluding hydrogens is 270 g/mol. The van der Waals surface area contributed by atoms with Gasteiger partial charge in [-0.15, -0.1) is 0 Å². The molecule has 0 saturated heterocycles. The minimum Gasteiger partial charge on any atom is -0.458 e. The summed E-state index contributed by atoms with van der Waals surface area (Å²) in [5, 5.41) is 12.3. The smallest absolute Gasteiger partial charge is 0.335 e. The average molecular weight is 293 g/mol. The molecule has 5 nitrogen and oxygen atoms in total. The van der Waals surface area contributed by atoms with Crippen LogP contribution >= 0.6 is 0 Å². The molecule has 0 aliphatic heterocycles. The molecule has 21 heavy (non-hydrogen) atoms. The Kier molecular flexibility index (Phi) is 5.49. The number of aliphatic hydroxyl groups is 1. The normalized spacial score (nSPS) is 14.1. The molecule has 0 heterocycles. The molecule has 1 aromatic carbocycles. The Morgan fingerprint density at radius 3 is 2.19 bits per heavy atom. The average Bonchev–Trinajstić information content (AvgIpc) is 2.36. The van der Waals surface area contributed by atoms with Gasteiger partial charge in [0.15, 0.2) is 5.54 Å². The van der Waals surface area contributed by atoms with E-state index in [-0.39, 0.29) is 6.42 Å². The SMILES string of the molecule is CC(=O)N[C@@](CO)(Cc1ccccc1)C(=O)OC(C)(C)C. The Labute approximate surface area is 125 Å². The molecule has 1 atom stereocenters. The number of benzene rings is 1. The molecule has 0 aromatic heterocycles. The van der Waals surface area contributed by atoms with Crippen LogP contribution in [0.5, 0.6) is 0 Å². The third-order valence-electron chi connectivity index (χ3n) is 2.82. The van der Waals surface area contributed by atoms with Gasteiger partial charge in [0.1, 0.15) is 5.60 Å². The van der Waals surface area contributed by atoms with Crippen LogP contribution in [0.25, 0.3) is 0 Å². The minimum atomic E-state index is -1.47. The van der Waals surface area contributed by atoms with Gasteiger partial charge in [0.25, 0.3) is 0 Å². The van der Waals surface area contributed by atoms with Crippen LogP contribution in [0.4, 0.5) is 0 Å². The van der Waals surface area contributed by atoms with Crippen LogP contribution in [0, 0.1) is 0 Å². The fraction of sp³-hybridized carbons (Fsp3) is 0.500. The highest BCUT2D eigenvalue weighted by Gasteiger charge is 2.42. The van der Waals surface area contributed by atoms with Gasteiger partial charge in [0.05, 0.1) is 6.61 Å². The summed E-state index contributed by atoms with van der Waals surface area (Å²) in [4.78, 5) is 23.9. The fourth-order valence-electron chi connectivity index (χ4n) is 1.98. The maximum atomic E-state index is 12.5. The lowest BCUT2D eigenvalue weighted by Crippen LogP contribution is -2.60. The lowest BCUT2D eigenvalue weighted by Gasteiger charge is -2.33. The molecule has 0 bridgehead atoms. The Morgan fingerprint density at radius 1 is 1.19 bits per heavy atom. The number of esters is 1. The second-order valence-corrected chi connectivity index (χ2v) is 6.09. The van der Waals surface area contributed by atoms with E-state index in [1.807, 2.05) is 30.3 Å². The van der Waals surface area contributed by atoms with Crippen molar-refractivity contribution >= 4 is 11.9 Å². The largest absolute Gasteiger partial charge is 0.458 e. The van der Waals surface area contributed by atoms with Crippen LogP contribution in [-0.4, -0.2) is 34.7 Å². The zero-order chi connectivity index (χ0) is 16.1. The maximum Gasteiger partial charge on any atom is 0.335 e. The highest BCUT2D eigenvalue weighted by molar-refractivity contribution is 5.88. The van der Waals surface area contributed by atoms with E-state index in [1.165, 1.54) is 6.92 Å². The van der Waals surface area contributed by atoms with Crippen LogP contribution in [0.2, 0.25) is 0 Å². The van der Waals surface area contributed by atoms with Gasteiger partial charge in [0.2, 0.25) is 5.91 Å². The zero-order valence-corrected chi connectivity index (χ0v) is 13.0. The summed E-state index contributed by atoms with van der Waals surface area (Å²) in [6.45, 7) is 5.99. The van der Waals surface area contributed by atoms with E-state index < -0.39 is 29.6 Å². The maximum absolute atomic E-state index is 12.5. The van der Waals surface area contributed by atoms with Gasteiger partial charge < -0.3 is 15.2 Å². The molecule has 0 aliphatic carbocycles. The molecule has 0 aliphatic rings. The Bertz CT molecular complexity index is 493. The van der Waals surface area contributed by atoms with E-state index in [2.05, 4.69) is 5.32 Å². The van der Waals surface area contributed by atoms with Crippen molar-refractivity contribution in [3.8, 4) is 0 Å². The standard InChI is InChI=1S/C16H23NO4/c1-12(19)17-16(11-18,14(20)21-15(2,3)4)10-13-8-6-5-7-9-13/h5-9,18H,10-11H2,1-4H3,(H,17,19)/t16-/m1/s1. The lowest BCUT2D eigenvalue weighted by molar-refractivity contribution is -0.166. The van der Waals surface area contributed by atoms with Crippen LogP contribution in [0.15, 0.2) is 30.3 Å². The summed E-state index contributed by atoms with van der Waals surface area (Å²) in [6.07, 6.45) is 0.166. The van der Waals surface area contributed by atoms with Crippen molar-refractivity contribution < 1.29 is 19.4 Å². The first-order chi connectivity index (χ1) is 9.68. The summed E-state index contributed by atoms with van der Waals surface area (Å²) in [7, 11) is 0. The van der Waals surface area contributed by atoms with Crippen molar-refractivity contribution in [1.29, 1.82) is 0 Å². The van der Waals surface area contributed by atoms with Gasteiger partial charge in [-0.3, -0.25) is 4.79 Å². The summed E-state index contributed by atoms with van der Waals surface area (Å²) in [5.41, 5.74) is -1.35. The predicted molar refractivity (Wildman–Crippen MR) is 79.6 cm³/mol. The van der Waals surface area contributed by atoms with Crippen molar-refractivity contribution in [3.05, 3.63) is 35.9 Å². The van der Waals surface area contributed by atoms with E-state index in [0.29, 0.717) is 0 Å². The molecule has 0 radical (unpaired) electrons. The van der Waals surface area contributed by atoms with Gasteiger partial charge >= 0.3 is 5.97 Å². The molecule has 1 aromatic rings. The summed E-state index contributed by atoms with van der Waals surface area (Å²) in [6, 6.07) is 9.18. The summed E-state index contributed by atoms with van der Waals surface area (Å²) >= 11 is 0. The first-order valence-corrected chi connectivity index (χ1v) is 6.85. The molecule has 1 amide bonds. The van der Waals surface area contributed by atoms with Gasteiger partial charge in [0, 0.05) is 13.3 Å². The minimum absolute atomic E-state index is 0.166. The highest BCUT2D eigenvalue weighted by Crippen LogP contribution is 2.19. The molecule has 5 heteroatoms. The number of ether oxygens (including phenoxy) is 1. The number of carbonyl (C=O) groups is 2. The van der Waals surface area contributed by atoms with Crippen LogP contribution in [0.1, 0.15) is 33.3 Å². The van der Waals surface area contributed by atoms with Crippen LogP contribution in [0.3, 0.4) is 0 Å². The molecule has 0 spiro atoms. The molecular formula is C16H23NO4. The topological polar surface area (TPSA) is 75.6 Å². The third-order valence-corrected chi connectivity index (χ3v) is 2.82. The van der Waals surface area contributed by atoms with Crippen molar-refractivity contribution in [2.24, 2.45) is 0 Å². The van der Waals surface area contributed by atoms with Gasteiger partial charge in [-0.05, 0) is 26.3 Å². The highest BCUT2D eigenvalue weighted by atomic mass is 16.6. The summed E-state index contributed by atoms with van der Waals surface area (Å²) < 4.78 is 5.35. The first kappa shape index (κ1) is 17.2. The molecule has 0 saturated carbocycles. The van der Waals surface area contributed by atoms with E-state index in [0.717, 1.165) is 5.56 Å². The predicted octanol–water partition coefficient (Wildman–Crippen LogP) is 1.44. The second kappa shape index (κ2) is 6.72. The number of hydrogen-bond donors (Lipinski definition) is 2. The quantitative estimate of drug-likeness (QED) is 0.805. The van der Waals surface area contributed by atoms with Crippen molar-refractivity contribution in [2.45, 2.75) is 45.3 Å². The van der Waals surface area contributed by atoms with E-state index in [1.54, 1.807) is 20.8 Å². The number of amides is 1. The number of aliphatic hydroxyl groups excluding tert-OH is 1. The number of hydrogen-bond acceptors (Lipinski definition) is 4. The Hall–Kier alpha value is -1.88. The van der Waals surface area contributed by atoms with E-state index in [9.17, 15) is 14.7 Å². The fourth-order valence-corrected chi connectivity index (χ4v) is 1.98. The number of rotatable bonds is 5. The van der Waals surface area contributed by atoms with Crippen molar-refractivity contribution in [1.82, 2.24) is 5.32 Å². The Morgan fingerprint density at radius 2 is 1.76 bits per heavy atom. The van der Waals surface area contributed by atoms with Gasteiger partial charge in [-0.2, -0.15) is 0 Å². The second-order valence-electron chi connectivity index (χ2n) is 6.09. The van der Waals surface area contributed by atoms with Crippen molar-refractivity contribution in [3.63, 3.8) is 0 Å². The first-order valence-electron chi connectivity index (χ1n) is 6.85. The summed E-state index contributed by atoms with van der Waals surface area (Å²) in [5.74, 6) is -1.04. The zero-order valence-electron chi connectivity index (χ0n) is 13.0. The van der Waals surface area contributed by atoms with E-state index >= 15 is 0 Å². The number of nitrogens with one attached hydrogen (secondary N) is 1. The molecule has 0 fully saturated rings. The third kappa shape index (κ3) is 5.19. The molecule has 2 N–H and O–H groups in total. The molecule has 0 unspecified atom stereocenters. The van der Waals surface area contributed by atoms with Gasteiger partial charge in [-0.25, -0.2) is 4.79 Å². The Balaban J connectivity index is 3.09. The van der Waals surface area contributed by atoms with E-state index in [4.69, 9.17) is 4.74 Å². The van der Waals surface area contributed by atoms with Crippen molar-refractivity contribution in [2.75, 3.05) is 6.61 Å². The van der Waals surface area contributed by atoms with Crippen LogP contribution in [-0.2, 0) is 20.7 Å². The number of carbonyl (C=O) groups excluding carboxylic acids is 2. The monoisotopic (exact) mass is 293 g/mol.